The Kier molecular flexibility index (Phi) is 5.32. The number of hydrogen-bond donors (Lipinski definition) is 1. The van der Waals surface area contributed by atoms with Crippen LogP contribution in [0.3, 0.4) is 0 Å². The third-order valence-electron chi connectivity index (χ3n) is 3.55. The van der Waals surface area contributed by atoms with Gasteiger partial charge in [-0.2, -0.15) is 5.10 Å². The van der Waals surface area contributed by atoms with Crippen molar-refractivity contribution >= 4 is 23.4 Å². The summed E-state index contributed by atoms with van der Waals surface area (Å²) >= 11 is 1.31. The smallest absolute Gasteiger partial charge is 0.234 e. The van der Waals surface area contributed by atoms with Gasteiger partial charge < -0.3 is 5.32 Å². The molecule has 0 aliphatic carbocycles. The van der Waals surface area contributed by atoms with Crippen molar-refractivity contribution < 1.29 is 4.79 Å². The lowest BCUT2D eigenvalue weighted by Gasteiger charge is -2.07. The van der Waals surface area contributed by atoms with Crippen LogP contribution < -0.4 is 5.32 Å². The van der Waals surface area contributed by atoms with E-state index in [4.69, 9.17) is 0 Å². The summed E-state index contributed by atoms with van der Waals surface area (Å²) in [5.41, 5.74) is 4.37. The van der Waals surface area contributed by atoms with Crippen LogP contribution in [-0.4, -0.2) is 36.4 Å². The standard InChI is InChI=1S/C18H20N6OS/c1-11-7-12(2)21-18(20-11)26-10-17(25)22-15-5-6-16(19-9-15)24-14(4)8-13(3)23-24/h5-9H,10H2,1-4H3,(H,22,25). The first-order valence-corrected chi connectivity index (χ1v) is 9.14. The van der Waals surface area contributed by atoms with Gasteiger partial charge in [0.1, 0.15) is 0 Å². The van der Waals surface area contributed by atoms with Gasteiger partial charge in [-0.3, -0.25) is 4.79 Å². The average molecular weight is 368 g/mol. The van der Waals surface area contributed by atoms with E-state index in [1.54, 1.807) is 10.9 Å². The first-order valence-electron chi connectivity index (χ1n) is 8.15. The molecule has 134 valence electrons. The highest BCUT2D eigenvalue weighted by Crippen LogP contribution is 2.16. The highest BCUT2D eigenvalue weighted by Gasteiger charge is 2.08. The van der Waals surface area contributed by atoms with Crippen molar-refractivity contribution in [2.45, 2.75) is 32.9 Å². The molecule has 7 nitrogen and oxygen atoms in total. The molecule has 0 unspecified atom stereocenters. The Hall–Kier alpha value is -2.74. The van der Waals surface area contributed by atoms with Gasteiger partial charge in [0.25, 0.3) is 0 Å². The van der Waals surface area contributed by atoms with E-state index in [0.29, 0.717) is 16.7 Å². The molecule has 26 heavy (non-hydrogen) atoms. The van der Waals surface area contributed by atoms with E-state index in [9.17, 15) is 4.79 Å². The summed E-state index contributed by atoms with van der Waals surface area (Å²) in [5, 5.41) is 7.84. The first kappa shape index (κ1) is 18.1. The molecule has 0 aliphatic rings. The van der Waals surface area contributed by atoms with Crippen molar-refractivity contribution in [3.8, 4) is 5.82 Å². The van der Waals surface area contributed by atoms with Crippen molar-refractivity contribution in [3.05, 3.63) is 53.2 Å². The SMILES string of the molecule is Cc1cc(C)nc(SCC(=O)Nc2ccc(-n3nc(C)cc3C)nc2)n1. The minimum Gasteiger partial charge on any atom is -0.324 e. The van der Waals surface area contributed by atoms with Gasteiger partial charge in [0, 0.05) is 17.1 Å². The molecule has 3 aromatic rings. The molecule has 8 heteroatoms. The second kappa shape index (κ2) is 7.65. The molecule has 0 radical (unpaired) electrons. The van der Waals surface area contributed by atoms with Crippen LogP contribution in [0.2, 0.25) is 0 Å². The van der Waals surface area contributed by atoms with Gasteiger partial charge in [-0.1, -0.05) is 11.8 Å². The second-order valence-corrected chi connectivity index (χ2v) is 6.96. The van der Waals surface area contributed by atoms with E-state index in [1.807, 2.05) is 52.0 Å². The fourth-order valence-electron chi connectivity index (χ4n) is 2.53. The quantitative estimate of drug-likeness (QED) is 0.550. The molecule has 0 saturated heterocycles. The van der Waals surface area contributed by atoms with Gasteiger partial charge in [-0.15, -0.1) is 0 Å². The van der Waals surface area contributed by atoms with Crippen molar-refractivity contribution in [3.63, 3.8) is 0 Å². The van der Waals surface area contributed by atoms with Gasteiger partial charge >= 0.3 is 0 Å². The van der Waals surface area contributed by atoms with Crippen molar-refractivity contribution in [2.75, 3.05) is 11.1 Å². The molecule has 3 aromatic heterocycles. The number of rotatable bonds is 5. The molecule has 0 bridgehead atoms. The predicted molar refractivity (Wildman–Crippen MR) is 102 cm³/mol. The zero-order chi connectivity index (χ0) is 18.7. The fraction of sp³-hybridized carbons (Fsp3) is 0.278. The van der Waals surface area contributed by atoms with Gasteiger partial charge in [0.2, 0.25) is 5.91 Å². The number of hydrogen-bond acceptors (Lipinski definition) is 6. The minimum absolute atomic E-state index is 0.126. The number of carbonyl (C=O) groups excluding carboxylic acids is 1. The second-order valence-electron chi connectivity index (χ2n) is 6.01. The number of pyridine rings is 1. The van der Waals surface area contributed by atoms with Gasteiger partial charge in [0.05, 0.1) is 23.3 Å². The zero-order valence-corrected chi connectivity index (χ0v) is 16.0. The van der Waals surface area contributed by atoms with Crippen LogP contribution in [0.15, 0.2) is 35.6 Å². The average Bonchev–Trinajstić information content (AvgIpc) is 2.91. The molecule has 0 fully saturated rings. The fourth-order valence-corrected chi connectivity index (χ4v) is 3.28. The molecule has 0 aliphatic heterocycles. The monoisotopic (exact) mass is 368 g/mol. The molecular weight excluding hydrogens is 348 g/mol. The Bertz CT molecular complexity index is 915. The van der Waals surface area contributed by atoms with Crippen LogP contribution in [0.4, 0.5) is 5.69 Å². The molecule has 0 atom stereocenters. The molecule has 0 aromatic carbocycles. The molecule has 0 spiro atoms. The largest absolute Gasteiger partial charge is 0.324 e. The molecular formula is C18H20N6OS. The predicted octanol–water partition coefficient (Wildman–Crippen LogP) is 3.02. The summed E-state index contributed by atoms with van der Waals surface area (Å²) in [4.78, 5) is 25.1. The third-order valence-corrected chi connectivity index (χ3v) is 4.40. The van der Waals surface area contributed by atoms with E-state index in [1.165, 1.54) is 11.8 Å². The number of thioether (sulfide) groups is 1. The highest BCUT2D eigenvalue weighted by molar-refractivity contribution is 7.99. The summed E-state index contributed by atoms with van der Waals surface area (Å²) in [6.07, 6.45) is 1.63. The maximum atomic E-state index is 12.1. The Morgan fingerprint density at radius 3 is 2.38 bits per heavy atom. The maximum absolute atomic E-state index is 12.1. The first-order chi connectivity index (χ1) is 12.4. The summed E-state index contributed by atoms with van der Waals surface area (Å²) in [7, 11) is 0. The maximum Gasteiger partial charge on any atom is 0.234 e. The lowest BCUT2D eigenvalue weighted by atomic mass is 10.4. The zero-order valence-electron chi connectivity index (χ0n) is 15.1. The number of aryl methyl sites for hydroxylation is 4. The van der Waals surface area contributed by atoms with E-state index in [0.717, 1.165) is 22.8 Å². The lowest BCUT2D eigenvalue weighted by molar-refractivity contribution is -0.113. The minimum atomic E-state index is -0.126. The Morgan fingerprint density at radius 2 is 1.81 bits per heavy atom. The van der Waals surface area contributed by atoms with Gasteiger partial charge in [0.15, 0.2) is 11.0 Å². The molecule has 3 heterocycles. The third kappa shape index (κ3) is 4.45. The van der Waals surface area contributed by atoms with Crippen LogP contribution in [0.1, 0.15) is 22.8 Å². The Balaban J connectivity index is 1.60. The normalized spacial score (nSPS) is 10.8. The summed E-state index contributed by atoms with van der Waals surface area (Å²) in [5.74, 6) is 0.826. The summed E-state index contributed by atoms with van der Waals surface area (Å²) in [6.45, 7) is 7.74. The number of aromatic nitrogens is 5. The van der Waals surface area contributed by atoms with Crippen molar-refractivity contribution in [2.24, 2.45) is 0 Å². The Morgan fingerprint density at radius 1 is 1.08 bits per heavy atom. The molecule has 1 amide bonds. The van der Waals surface area contributed by atoms with E-state index < -0.39 is 0 Å². The van der Waals surface area contributed by atoms with E-state index >= 15 is 0 Å². The van der Waals surface area contributed by atoms with Crippen LogP contribution in [0.5, 0.6) is 0 Å². The van der Waals surface area contributed by atoms with Crippen molar-refractivity contribution in [1.82, 2.24) is 24.7 Å². The molecule has 1 N–H and O–H groups in total. The summed E-state index contributed by atoms with van der Waals surface area (Å²) < 4.78 is 1.77. The molecule has 3 rings (SSSR count). The van der Waals surface area contributed by atoms with Gasteiger partial charge in [-0.05, 0) is 52.0 Å². The van der Waals surface area contributed by atoms with E-state index in [-0.39, 0.29) is 11.7 Å². The Labute approximate surface area is 156 Å². The van der Waals surface area contributed by atoms with Crippen LogP contribution in [0.25, 0.3) is 5.82 Å². The number of amides is 1. The number of nitrogens with zero attached hydrogens (tertiary/aromatic N) is 5. The topological polar surface area (TPSA) is 85.6 Å². The highest BCUT2D eigenvalue weighted by atomic mass is 32.2. The van der Waals surface area contributed by atoms with E-state index in [2.05, 4.69) is 25.4 Å². The summed E-state index contributed by atoms with van der Waals surface area (Å²) in [6, 6.07) is 7.54. The van der Waals surface area contributed by atoms with Crippen molar-refractivity contribution in [1.29, 1.82) is 0 Å². The van der Waals surface area contributed by atoms with Crippen LogP contribution in [-0.2, 0) is 4.79 Å². The number of nitrogens with one attached hydrogen (secondary N) is 1. The van der Waals surface area contributed by atoms with Gasteiger partial charge in [-0.25, -0.2) is 19.6 Å². The lowest BCUT2D eigenvalue weighted by Crippen LogP contribution is -2.15. The number of anilines is 1. The van der Waals surface area contributed by atoms with Crippen LogP contribution in [0, 0.1) is 27.7 Å². The number of carbonyl (C=O) groups is 1. The molecule has 0 saturated carbocycles. The van der Waals surface area contributed by atoms with Crippen LogP contribution >= 0.6 is 11.8 Å².